The highest BCUT2D eigenvalue weighted by atomic mass is 35.5. The Morgan fingerprint density at radius 3 is 2.76 bits per heavy atom. The van der Waals surface area contributed by atoms with Gasteiger partial charge in [0.1, 0.15) is 11.2 Å². The molecule has 4 heterocycles. The summed E-state index contributed by atoms with van der Waals surface area (Å²) in [7, 11) is 0. The molecule has 2 aliphatic heterocycles. The average Bonchev–Trinajstić information content (AvgIpc) is 3.32. The fourth-order valence-electron chi connectivity index (χ4n) is 3.89. The standard InChI is InChI=1S/C19H18Cl2N6O2/c20-16-15-17(25-19(21)24-16)22-10-27(15)9-14(28)26-7-5-11(6-8-26)18-23-12-3-1-2-4-13(12)29-18/h1-4,11H,5-10H2,(H,22,24,25). The number of anilines is 2. The third kappa shape index (κ3) is 3.47. The lowest BCUT2D eigenvalue weighted by molar-refractivity contribution is -0.130. The second-order valence-corrected chi connectivity index (χ2v) is 7.88. The number of rotatable bonds is 3. The molecule has 5 rings (SSSR count). The Labute approximate surface area is 176 Å². The summed E-state index contributed by atoms with van der Waals surface area (Å²) < 4.78 is 5.90. The molecule has 0 unspecified atom stereocenters. The second kappa shape index (κ2) is 7.35. The largest absolute Gasteiger partial charge is 0.440 e. The summed E-state index contributed by atoms with van der Waals surface area (Å²) in [6.07, 6.45) is 1.65. The molecule has 1 N–H and O–H groups in total. The van der Waals surface area contributed by atoms with Crippen LogP contribution in [0.5, 0.6) is 0 Å². The normalized spacial score (nSPS) is 16.9. The summed E-state index contributed by atoms with van der Waals surface area (Å²) >= 11 is 12.0. The third-order valence-electron chi connectivity index (χ3n) is 5.40. The third-order valence-corrected chi connectivity index (χ3v) is 5.83. The van der Waals surface area contributed by atoms with E-state index in [-0.39, 0.29) is 28.8 Å². The molecule has 2 aliphatic rings. The Balaban J connectivity index is 1.22. The van der Waals surface area contributed by atoms with Crippen molar-refractivity contribution in [2.24, 2.45) is 0 Å². The summed E-state index contributed by atoms with van der Waals surface area (Å²) in [5, 5.41) is 3.42. The molecule has 2 aromatic heterocycles. The molecule has 0 spiro atoms. The van der Waals surface area contributed by atoms with Crippen LogP contribution in [0.25, 0.3) is 11.1 Å². The number of aromatic nitrogens is 3. The zero-order chi connectivity index (χ0) is 20.0. The second-order valence-electron chi connectivity index (χ2n) is 7.19. The van der Waals surface area contributed by atoms with Gasteiger partial charge in [0.05, 0.1) is 13.2 Å². The van der Waals surface area contributed by atoms with Gasteiger partial charge in [-0.15, -0.1) is 0 Å². The summed E-state index contributed by atoms with van der Waals surface area (Å²) in [6, 6.07) is 7.76. The highest BCUT2D eigenvalue weighted by molar-refractivity contribution is 6.34. The van der Waals surface area contributed by atoms with Gasteiger partial charge in [-0.3, -0.25) is 4.79 Å². The predicted octanol–water partition coefficient (Wildman–Crippen LogP) is 3.52. The van der Waals surface area contributed by atoms with Gasteiger partial charge in [-0.2, -0.15) is 4.98 Å². The first-order valence-corrected chi connectivity index (χ1v) is 10.2. The number of halogens is 2. The highest BCUT2D eigenvalue weighted by Crippen LogP contribution is 2.36. The Hall–Kier alpha value is -2.58. The maximum absolute atomic E-state index is 12.8. The quantitative estimate of drug-likeness (QED) is 0.500. The number of piperidine rings is 1. The molecule has 0 saturated carbocycles. The minimum absolute atomic E-state index is 0.0432. The zero-order valence-corrected chi connectivity index (χ0v) is 16.9. The van der Waals surface area contributed by atoms with Gasteiger partial charge in [-0.05, 0) is 36.6 Å². The molecule has 0 aliphatic carbocycles. The number of fused-ring (bicyclic) bond motifs is 2. The lowest BCUT2D eigenvalue weighted by atomic mass is 9.97. The Morgan fingerprint density at radius 1 is 1.17 bits per heavy atom. The van der Waals surface area contributed by atoms with Crippen LogP contribution in [-0.4, -0.2) is 52.1 Å². The molecule has 150 valence electrons. The highest BCUT2D eigenvalue weighted by Gasteiger charge is 2.31. The van der Waals surface area contributed by atoms with E-state index in [1.165, 1.54) is 0 Å². The van der Waals surface area contributed by atoms with Gasteiger partial charge in [0.2, 0.25) is 11.2 Å². The maximum Gasteiger partial charge on any atom is 0.242 e. The van der Waals surface area contributed by atoms with E-state index in [1.807, 2.05) is 34.1 Å². The number of likely N-dealkylation sites (tertiary alicyclic amines) is 1. The van der Waals surface area contributed by atoms with Crippen molar-refractivity contribution in [1.82, 2.24) is 19.9 Å². The molecule has 0 bridgehead atoms. The number of oxazole rings is 1. The summed E-state index contributed by atoms with van der Waals surface area (Å²) in [5.41, 5.74) is 2.30. The first kappa shape index (κ1) is 18.4. The molecular formula is C19H18Cl2N6O2. The number of amides is 1. The Kier molecular flexibility index (Phi) is 4.67. The van der Waals surface area contributed by atoms with Crippen LogP contribution in [0.1, 0.15) is 24.7 Å². The first-order valence-electron chi connectivity index (χ1n) is 9.43. The lowest BCUT2D eigenvalue weighted by Crippen LogP contribution is -2.44. The maximum atomic E-state index is 12.8. The number of hydrogen-bond donors (Lipinski definition) is 1. The summed E-state index contributed by atoms with van der Waals surface area (Å²) in [5.74, 6) is 1.58. The van der Waals surface area contributed by atoms with E-state index in [4.69, 9.17) is 27.6 Å². The van der Waals surface area contributed by atoms with Crippen molar-refractivity contribution in [3.8, 4) is 0 Å². The van der Waals surface area contributed by atoms with E-state index in [1.54, 1.807) is 0 Å². The van der Waals surface area contributed by atoms with Crippen molar-refractivity contribution in [3.05, 3.63) is 40.6 Å². The fourth-order valence-corrected chi connectivity index (χ4v) is 4.39. The van der Waals surface area contributed by atoms with Crippen molar-refractivity contribution in [2.75, 3.05) is 36.5 Å². The molecule has 0 atom stereocenters. The molecule has 3 aromatic rings. The van der Waals surface area contributed by atoms with Crippen LogP contribution in [0.15, 0.2) is 28.7 Å². The van der Waals surface area contributed by atoms with Crippen molar-refractivity contribution in [3.63, 3.8) is 0 Å². The molecule has 10 heteroatoms. The number of benzene rings is 1. The van der Waals surface area contributed by atoms with E-state index in [0.29, 0.717) is 31.3 Å². The number of para-hydroxylation sites is 2. The summed E-state index contributed by atoms with van der Waals surface area (Å²) in [6.45, 7) is 1.98. The molecule has 8 nitrogen and oxygen atoms in total. The van der Waals surface area contributed by atoms with Crippen molar-refractivity contribution in [2.45, 2.75) is 18.8 Å². The van der Waals surface area contributed by atoms with Crippen LogP contribution >= 0.6 is 23.2 Å². The van der Waals surface area contributed by atoms with Gasteiger partial charge in [0.15, 0.2) is 22.4 Å². The lowest BCUT2D eigenvalue weighted by Gasteiger charge is -2.32. The van der Waals surface area contributed by atoms with Crippen LogP contribution in [0.4, 0.5) is 11.5 Å². The smallest absolute Gasteiger partial charge is 0.242 e. The minimum Gasteiger partial charge on any atom is -0.440 e. The topological polar surface area (TPSA) is 87.4 Å². The summed E-state index contributed by atoms with van der Waals surface area (Å²) in [4.78, 5) is 29.2. The molecule has 1 aromatic carbocycles. The SMILES string of the molecule is O=C(CN1CNc2nc(Cl)nc(Cl)c21)N1CCC(c2nc3ccccc3o2)CC1. The van der Waals surface area contributed by atoms with Crippen molar-refractivity contribution < 1.29 is 9.21 Å². The van der Waals surface area contributed by atoms with E-state index in [9.17, 15) is 4.79 Å². The van der Waals surface area contributed by atoms with Gasteiger partial charge in [-0.1, -0.05) is 23.7 Å². The Bertz CT molecular complexity index is 1050. The fraction of sp³-hybridized carbons (Fsp3) is 0.368. The van der Waals surface area contributed by atoms with Crippen LogP contribution in [0.2, 0.25) is 10.4 Å². The first-order chi connectivity index (χ1) is 14.1. The molecule has 1 fully saturated rings. The van der Waals surface area contributed by atoms with E-state index < -0.39 is 0 Å². The number of nitrogens with zero attached hydrogens (tertiary/aromatic N) is 5. The zero-order valence-electron chi connectivity index (χ0n) is 15.4. The average molecular weight is 433 g/mol. The van der Waals surface area contributed by atoms with Gasteiger partial charge >= 0.3 is 0 Å². The van der Waals surface area contributed by atoms with Crippen molar-refractivity contribution >= 4 is 51.7 Å². The van der Waals surface area contributed by atoms with Crippen molar-refractivity contribution in [1.29, 1.82) is 0 Å². The minimum atomic E-state index is 0.0432. The van der Waals surface area contributed by atoms with Crippen LogP contribution < -0.4 is 10.2 Å². The van der Waals surface area contributed by atoms with E-state index in [0.717, 1.165) is 29.8 Å². The molecular weight excluding hydrogens is 415 g/mol. The molecule has 1 amide bonds. The number of hydrogen-bond acceptors (Lipinski definition) is 7. The number of carbonyl (C=O) groups excluding carboxylic acids is 1. The predicted molar refractivity (Wildman–Crippen MR) is 110 cm³/mol. The number of nitrogens with one attached hydrogen (secondary N) is 1. The van der Waals surface area contributed by atoms with Gasteiger partial charge < -0.3 is 19.5 Å². The monoisotopic (exact) mass is 432 g/mol. The van der Waals surface area contributed by atoms with E-state index in [2.05, 4.69) is 20.3 Å². The molecule has 1 saturated heterocycles. The van der Waals surface area contributed by atoms with Crippen LogP contribution in [-0.2, 0) is 4.79 Å². The number of carbonyl (C=O) groups is 1. The van der Waals surface area contributed by atoms with Crippen LogP contribution in [0, 0.1) is 0 Å². The van der Waals surface area contributed by atoms with E-state index >= 15 is 0 Å². The van der Waals surface area contributed by atoms with Gasteiger partial charge in [0.25, 0.3) is 0 Å². The van der Waals surface area contributed by atoms with Crippen LogP contribution in [0.3, 0.4) is 0 Å². The Morgan fingerprint density at radius 2 is 1.97 bits per heavy atom. The van der Waals surface area contributed by atoms with Gasteiger partial charge in [-0.25, -0.2) is 9.97 Å². The molecule has 29 heavy (non-hydrogen) atoms. The van der Waals surface area contributed by atoms with Gasteiger partial charge in [0, 0.05) is 19.0 Å². The molecule has 0 radical (unpaired) electrons.